The van der Waals surface area contributed by atoms with E-state index < -0.39 is 0 Å². The third-order valence-corrected chi connectivity index (χ3v) is 4.75. The Morgan fingerprint density at radius 3 is 2.59 bits per heavy atom. The van der Waals surface area contributed by atoms with Crippen molar-refractivity contribution >= 4 is 11.8 Å². The van der Waals surface area contributed by atoms with Crippen LogP contribution < -0.4 is 5.73 Å². The molecule has 3 heteroatoms. The van der Waals surface area contributed by atoms with Gasteiger partial charge in [0.25, 0.3) is 0 Å². The second kappa shape index (κ2) is 9.23. The molecule has 1 fully saturated rings. The van der Waals surface area contributed by atoms with Gasteiger partial charge in [-0.25, -0.2) is 0 Å². The van der Waals surface area contributed by atoms with Crippen LogP contribution in [0, 0.1) is 5.92 Å². The molecule has 1 aliphatic carbocycles. The molecule has 0 saturated heterocycles. The van der Waals surface area contributed by atoms with Gasteiger partial charge in [-0.05, 0) is 50.7 Å². The number of nitrogens with zero attached hydrogens (tertiary/aromatic N) is 1. The molecule has 1 aliphatic rings. The first kappa shape index (κ1) is 15.3. The smallest absolute Gasteiger partial charge is 0.0215 e. The fraction of sp³-hybridized carbons (Fsp3) is 1.00. The first-order valence-corrected chi connectivity index (χ1v) is 8.56. The lowest BCUT2D eigenvalue weighted by molar-refractivity contribution is 0.177. The average Bonchev–Trinajstić information content (AvgIpc) is 2.36. The Labute approximate surface area is 112 Å². The van der Waals surface area contributed by atoms with E-state index in [0.717, 1.165) is 12.5 Å². The van der Waals surface area contributed by atoms with Crippen LogP contribution in [0.15, 0.2) is 0 Å². The Hall–Kier alpha value is 0.270. The molecule has 0 heterocycles. The Morgan fingerprint density at radius 2 is 2.00 bits per heavy atom. The van der Waals surface area contributed by atoms with Gasteiger partial charge in [0.05, 0.1) is 0 Å². The SMILES string of the molecule is CSCCCC(CN)N(C)CC1CCCCC1. The second-order valence-electron chi connectivity index (χ2n) is 5.47. The van der Waals surface area contributed by atoms with Crippen LogP contribution in [0.4, 0.5) is 0 Å². The van der Waals surface area contributed by atoms with E-state index in [-0.39, 0.29) is 0 Å². The maximum absolute atomic E-state index is 5.91. The molecule has 0 spiro atoms. The summed E-state index contributed by atoms with van der Waals surface area (Å²) in [5.41, 5.74) is 5.91. The van der Waals surface area contributed by atoms with E-state index >= 15 is 0 Å². The molecule has 1 unspecified atom stereocenters. The van der Waals surface area contributed by atoms with Crippen molar-refractivity contribution in [1.82, 2.24) is 4.90 Å². The highest BCUT2D eigenvalue weighted by Crippen LogP contribution is 2.24. The van der Waals surface area contributed by atoms with E-state index in [1.807, 2.05) is 11.8 Å². The Bertz CT molecular complexity index is 181. The van der Waals surface area contributed by atoms with E-state index in [0.29, 0.717) is 6.04 Å². The zero-order valence-electron chi connectivity index (χ0n) is 11.7. The fourth-order valence-electron chi connectivity index (χ4n) is 2.91. The number of thioether (sulfide) groups is 1. The van der Waals surface area contributed by atoms with Crippen LogP contribution in [0.25, 0.3) is 0 Å². The summed E-state index contributed by atoms with van der Waals surface area (Å²) in [6.45, 7) is 2.08. The molecule has 1 rings (SSSR count). The van der Waals surface area contributed by atoms with Gasteiger partial charge in [-0.2, -0.15) is 11.8 Å². The first-order valence-electron chi connectivity index (χ1n) is 7.17. The summed E-state index contributed by atoms with van der Waals surface area (Å²) in [5, 5.41) is 0. The number of hydrogen-bond acceptors (Lipinski definition) is 3. The van der Waals surface area contributed by atoms with Gasteiger partial charge in [0.1, 0.15) is 0 Å². The number of likely N-dealkylation sites (N-methyl/N-ethyl adjacent to an activating group) is 1. The van der Waals surface area contributed by atoms with Crippen LogP contribution in [0.3, 0.4) is 0 Å². The van der Waals surface area contributed by atoms with E-state index in [2.05, 4.69) is 18.2 Å². The van der Waals surface area contributed by atoms with Gasteiger partial charge in [-0.1, -0.05) is 19.3 Å². The topological polar surface area (TPSA) is 29.3 Å². The molecule has 1 atom stereocenters. The quantitative estimate of drug-likeness (QED) is 0.679. The normalized spacial score (nSPS) is 19.8. The van der Waals surface area contributed by atoms with Gasteiger partial charge in [0.15, 0.2) is 0 Å². The van der Waals surface area contributed by atoms with Crippen LogP contribution in [0.5, 0.6) is 0 Å². The number of rotatable bonds is 8. The fourth-order valence-corrected chi connectivity index (χ4v) is 3.36. The van der Waals surface area contributed by atoms with E-state index in [9.17, 15) is 0 Å². The largest absolute Gasteiger partial charge is 0.329 e. The minimum atomic E-state index is 0.601. The van der Waals surface area contributed by atoms with Crippen LogP contribution in [0.2, 0.25) is 0 Å². The lowest BCUT2D eigenvalue weighted by Crippen LogP contribution is -2.41. The van der Waals surface area contributed by atoms with Gasteiger partial charge in [-0.3, -0.25) is 0 Å². The molecule has 0 aromatic carbocycles. The third-order valence-electron chi connectivity index (χ3n) is 4.05. The lowest BCUT2D eigenvalue weighted by Gasteiger charge is -2.32. The third kappa shape index (κ3) is 6.12. The molecule has 0 aromatic heterocycles. The van der Waals surface area contributed by atoms with Crippen molar-refractivity contribution in [2.45, 2.75) is 51.0 Å². The van der Waals surface area contributed by atoms with Crippen LogP contribution in [-0.4, -0.2) is 43.1 Å². The van der Waals surface area contributed by atoms with Gasteiger partial charge in [-0.15, -0.1) is 0 Å². The minimum absolute atomic E-state index is 0.601. The molecule has 0 aliphatic heterocycles. The van der Waals surface area contributed by atoms with Crippen LogP contribution >= 0.6 is 11.8 Å². The van der Waals surface area contributed by atoms with Crippen molar-refractivity contribution < 1.29 is 0 Å². The molecule has 0 aromatic rings. The van der Waals surface area contributed by atoms with Crippen molar-refractivity contribution in [3.8, 4) is 0 Å². The second-order valence-corrected chi connectivity index (χ2v) is 6.45. The Balaban J connectivity index is 2.23. The molecule has 17 heavy (non-hydrogen) atoms. The van der Waals surface area contributed by atoms with E-state index in [1.165, 1.54) is 57.2 Å². The first-order chi connectivity index (χ1) is 8.27. The molecule has 2 nitrogen and oxygen atoms in total. The summed E-state index contributed by atoms with van der Waals surface area (Å²) < 4.78 is 0. The summed E-state index contributed by atoms with van der Waals surface area (Å²) in [4.78, 5) is 2.52. The Morgan fingerprint density at radius 1 is 1.29 bits per heavy atom. The molecule has 0 amide bonds. The monoisotopic (exact) mass is 258 g/mol. The highest BCUT2D eigenvalue weighted by atomic mass is 32.2. The van der Waals surface area contributed by atoms with E-state index in [1.54, 1.807) is 0 Å². The van der Waals surface area contributed by atoms with Crippen molar-refractivity contribution in [1.29, 1.82) is 0 Å². The van der Waals surface area contributed by atoms with Crippen molar-refractivity contribution in [3.63, 3.8) is 0 Å². The average molecular weight is 258 g/mol. The molecule has 1 saturated carbocycles. The predicted octanol–water partition coefficient (Wildman–Crippen LogP) is 2.97. The zero-order valence-corrected chi connectivity index (χ0v) is 12.5. The van der Waals surface area contributed by atoms with Crippen LogP contribution in [-0.2, 0) is 0 Å². The predicted molar refractivity (Wildman–Crippen MR) is 79.7 cm³/mol. The van der Waals surface area contributed by atoms with Gasteiger partial charge >= 0.3 is 0 Å². The summed E-state index contributed by atoms with van der Waals surface area (Å²) in [6.07, 6.45) is 12.0. The minimum Gasteiger partial charge on any atom is -0.329 e. The molecule has 0 radical (unpaired) electrons. The summed E-state index contributed by atoms with van der Waals surface area (Å²) >= 11 is 1.94. The maximum Gasteiger partial charge on any atom is 0.0215 e. The molecule has 102 valence electrons. The van der Waals surface area contributed by atoms with Gasteiger partial charge < -0.3 is 10.6 Å². The number of nitrogens with two attached hydrogens (primary N) is 1. The lowest BCUT2D eigenvalue weighted by atomic mass is 9.88. The van der Waals surface area contributed by atoms with E-state index in [4.69, 9.17) is 5.73 Å². The van der Waals surface area contributed by atoms with Crippen molar-refractivity contribution in [2.75, 3.05) is 32.1 Å². The summed E-state index contributed by atoms with van der Waals surface area (Å²) in [6, 6.07) is 0.601. The summed E-state index contributed by atoms with van der Waals surface area (Å²) in [7, 11) is 2.27. The van der Waals surface area contributed by atoms with Crippen LogP contribution in [0.1, 0.15) is 44.9 Å². The molecule has 2 N–H and O–H groups in total. The number of hydrogen-bond donors (Lipinski definition) is 1. The maximum atomic E-state index is 5.91. The van der Waals surface area contributed by atoms with Gasteiger partial charge in [0, 0.05) is 19.1 Å². The highest BCUT2D eigenvalue weighted by molar-refractivity contribution is 7.98. The highest BCUT2D eigenvalue weighted by Gasteiger charge is 2.19. The van der Waals surface area contributed by atoms with Gasteiger partial charge in [0.2, 0.25) is 0 Å². The summed E-state index contributed by atoms with van der Waals surface area (Å²) in [5.74, 6) is 2.21. The standard InChI is InChI=1S/C14H30N2S/c1-16(12-13-7-4-3-5-8-13)14(11-15)9-6-10-17-2/h13-14H,3-12,15H2,1-2H3. The Kier molecular flexibility index (Phi) is 8.33. The molecular weight excluding hydrogens is 228 g/mol. The molecule has 0 bridgehead atoms. The molecular formula is C14H30N2S. The van der Waals surface area contributed by atoms with Crippen molar-refractivity contribution in [2.24, 2.45) is 11.7 Å². The zero-order chi connectivity index (χ0) is 12.5. The van der Waals surface area contributed by atoms with Crippen molar-refractivity contribution in [3.05, 3.63) is 0 Å².